The zero-order valence-electron chi connectivity index (χ0n) is 12.0. The summed E-state index contributed by atoms with van der Waals surface area (Å²) in [5.41, 5.74) is 0.495. The summed E-state index contributed by atoms with van der Waals surface area (Å²) in [6.07, 6.45) is -0.273. The molecule has 8 heteroatoms. The van der Waals surface area contributed by atoms with Crippen LogP contribution >= 0.6 is 11.3 Å². The average Bonchev–Trinajstić information content (AvgIpc) is 3.12. The maximum absolute atomic E-state index is 13.5. The number of halogens is 2. The topological polar surface area (TPSA) is 68.0 Å². The van der Waals surface area contributed by atoms with Crippen LogP contribution in [-0.4, -0.2) is 16.1 Å². The van der Waals surface area contributed by atoms with E-state index in [0.29, 0.717) is 5.89 Å². The molecular weight excluding hydrogens is 324 g/mol. The number of rotatable bonds is 4. The molecule has 0 fully saturated rings. The molecule has 23 heavy (non-hydrogen) atoms. The number of aryl methyl sites for hydroxylation is 1. The fourth-order valence-corrected chi connectivity index (χ4v) is 2.79. The smallest absolute Gasteiger partial charge is 0.258 e. The van der Waals surface area contributed by atoms with E-state index in [-0.39, 0.29) is 12.3 Å². The molecule has 0 aliphatic rings. The Balaban J connectivity index is 1.72. The molecule has 0 aliphatic carbocycles. The third-order valence-corrected chi connectivity index (χ3v) is 4.07. The summed E-state index contributed by atoms with van der Waals surface area (Å²) < 4.78 is 32.4. The number of hydrogen-bond donors (Lipinski definition) is 1. The van der Waals surface area contributed by atoms with Crippen molar-refractivity contribution in [2.75, 3.05) is 5.32 Å². The summed E-state index contributed by atoms with van der Waals surface area (Å²) in [7, 11) is 0. The van der Waals surface area contributed by atoms with Crippen molar-refractivity contribution in [1.29, 1.82) is 0 Å². The van der Waals surface area contributed by atoms with Gasteiger partial charge in [0.25, 0.3) is 5.89 Å². The Kier molecular flexibility index (Phi) is 4.16. The van der Waals surface area contributed by atoms with Crippen molar-refractivity contribution in [3.05, 3.63) is 52.7 Å². The van der Waals surface area contributed by atoms with Crippen molar-refractivity contribution in [3.8, 4) is 10.8 Å². The molecule has 0 radical (unpaired) electrons. The summed E-state index contributed by atoms with van der Waals surface area (Å²) >= 11 is 1.45. The van der Waals surface area contributed by atoms with Crippen molar-refractivity contribution < 1.29 is 18.0 Å². The molecular formula is C15H11F2N3O2S. The number of benzene rings is 1. The van der Waals surface area contributed by atoms with Crippen LogP contribution in [0, 0.1) is 18.6 Å². The number of carbonyl (C=O) groups excluding carboxylic acids is 1. The van der Waals surface area contributed by atoms with Gasteiger partial charge in [-0.05, 0) is 36.1 Å². The zero-order chi connectivity index (χ0) is 16.4. The number of amides is 1. The first-order valence-corrected chi connectivity index (χ1v) is 7.53. The van der Waals surface area contributed by atoms with Crippen LogP contribution in [-0.2, 0) is 11.2 Å². The minimum Gasteiger partial charge on any atom is -0.419 e. The molecule has 0 aliphatic heterocycles. The van der Waals surface area contributed by atoms with Gasteiger partial charge in [-0.25, -0.2) is 8.78 Å². The van der Waals surface area contributed by atoms with Gasteiger partial charge in [0, 0.05) is 0 Å². The predicted octanol–water partition coefficient (Wildman–Crippen LogP) is 3.57. The highest BCUT2D eigenvalue weighted by Gasteiger charge is 2.17. The quantitative estimate of drug-likeness (QED) is 0.791. The fourth-order valence-electron chi connectivity index (χ4n) is 1.95. The molecule has 3 rings (SSSR count). The van der Waals surface area contributed by atoms with E-state index in [2.05, 4.69) is 15.5 Å². The number of nitrogens with zero attached hydrogens (tertiary/aromatic N) is 2. The number of thiophene rings is 1. The lowest BCUT2D eigenvalue weighted by Crippen LogP contribution is -2.16. The summed E-state index contributed by atoms with van der Waals surface area (Å²) in [4.78, 5) is 12.7. The van der Waals surface area contributed by atoms with E-state index in [4.69, 9.17) is 4.42 Å². The van der Waals surface area contributed by atoms with E-state index in [1.807, 2.05) is 18.4 Å². The maximum Gasteiger partial charge on any atom is 0.258 e. The highest BCUT2D eigenvalue weighted by molar-refractivity contribution is 7.13. The predicted molar refractivity (Wildman–Crippen MR) is 81.0 cm³/mol. The summed E-state index contributed by atoms with van der Waals surface area (Å²) in [5.74, 6) is -1.95. The lowest BCUT2D eigenvalue weighted by Gasteiger charge is -2.05. The fraction of sp³-hybridized carbons (Fsp3) is 0.133. The van der Waals surface area contributed by atoms with Crippen LogP contribution in [0.15, 0.2) is 34.1 Å². The van der Waals surface area contributed by atoms with Gasteiger partial charge in [0.15, 0.2) is 0 Å². The van der Waals surface area contributed by atoms with E-state index in [9.17, 15) is 13.6 Å². The highest BCUT2D eigenvalue weighted by Crippen LogP contribution is 2.27. The second kappa shape index (κ2) is 6.25. The van der Waals surface area contributed by atoms with Gasteiger partial charge in [0.2, 0.25) is 11.8 Å². The average molecular weight is 335 g/mol. The zero-order valence-corrected chi connectivity index (χ0v) is 12.8. The molecule has 3 aromatic rings. The van der Waals surface area contributed by atoms with Crippen LogP contribution in [0.3, 0.4) is 0 Å². The Labute approximate surface area is 134 Å². The number of anilines is 1. The number of aromatic nitrogens is 2. The first-order chi connectivity index (χ1) is 11.0. The molecule has 0 bridgehead atoms. The minimum absolute atomic E-state index is 0.0713. The Morgan fingerprint density at radius 2 is 2.00 bits per heavy atom. The number of carbonyl (C=O) groups is 1. The van der Waals surface area contributed by atoms with E-state index in [0.717, 1.165) is 22.6 Å². The van der Waals surface area contributed by atoms with Crippen molar-refractivity contribution in [2.45, 2.75) is 13.3 Å². The van der Waals surface area contributed by atoms with Crippen LogP contribution < -0.4 is 5.32 Å². The third kappa shape index (κ3) is 3.26. The van der Waals surface area contributed by atoms with Crippen LogP contribution in [0.2, 0.25) is 0 Å². The standard InChI is InChI=1S/C15H11F2N3O2S/c1-8-5-6-23-14(8)15-20-19-12(22-15)7-11(21)18-13-9(16)3-2-4-10(13)17/h2-6H,7H2,1H3,(H,18,21). The van der Waals surface area contributed by atoms with Gasteiger partial charge in [-0.1, -0.05) is 6.07 Å². The molecule has 118 valence electrons. The first-order valence-electron chi connectivity index (χ1n) is 6.65. The Bertz CT molecular complexity index is 840. The molecule has 1 amide bonds. The van der Waals surface area contributed by atoms with Crippen molar-refractivity contribution in [3.63, 3.8) is 0 Å². The van der Waals surface area contributed by atoms with Crippen LogP contribution in [0.1, 0.15) is 11.5 Å². The summed E-state index contributed by atoms with van der Waals surface area (Å²) in [6, 6.07) is 5.25. The molecule has 5 nitrogen and oxygen atoms in total. The van der Waals surface area contributed by atoms with Crippen molar-refractivity contribution >= 4 is 22.9 Å². The van der Waals surface area contributed by atoms with Crippen LogP contribution in [0.25, 0.3) is 10.8 Å². The number of nitrogens with one attached hydrogen (secondary N) is 1. The number of para-hydroxylation sites is 1. The summed E-state index contributed by atoms with van der Waals surface area (Å²) in [5, 5.41) is 11.7. The lowest BCUT2D eigenvalue weighted by molar-refractivity contribution is -0.115. The molecule has 0 saturated heterocycles. The molecule has 0 spiro atoms. The SMILES string of the molecule is Cc1ccsc1-c1nnc(CC(=O)Nc2c(F)cccc2F)o1. The molecule has 2 aromatic heterocycles. The Morgan fingerprint density at radius 1 is 1.26 bits per heavy atom. The van der Waals surface area contributed by atoms with E-state index in [1.165, 1.54) is 17.4 Å². The van der Waals surface area contributed by atoms with E-state index < -0.39 is 23.2 Å². The second-order valence-electron chi connectivity index (χ2n) is 4.76. The van der Waals surface area contributed by atoms with Crippen molar-refractivity contribution in [1.82, 2.24) is 10.2 Å². The monoisotopic (exact) mass is 335 g/mol. The maximum atomic E-state index is 13.5. The largest absolute Gasteiger partial charge is 0.419 e. The minimum atomic E-state index is -0.848. The van der Waals surface area contributed by atoms with Gasteiger partial charge < -0.3 is 9.73 Å². The first kappa shape index (κ1) is 15.3. The van der Waals surface area contributed by atoms with Gasteiger partial charge in [-0.3, -0.25) is 4.79 Å². The second-order valence-corrected chi connectivity index (χ2v) is 5.67. The van der Waals surface area contributed by atoms with E-state index >= 15 is 0 Å². The van der Waals surface area contributed by atoms with Gasteiger partial charge in [-0.15, -0.1) is 21.5 Å². The lowest BCUT2D eigenvalue weighted by atomic mass is 10.2. The normalized spacial score (nSPS) is 10.7. The van der Waals surface area contributed by atoms with Gasteiger partial charge in [-0.2, -0.15) is 0 Å². The molecule has 0 saturated carbocycles. The Hall–Kier alpha value is -2.61. The molecule has 1 N–H and O–H groups in total. The van der Waals surface area contributed by atoms with Crippen molar-refractivity contribution in [2.24, 2.45) is 0 Å². The molecule has 2 heterocycles. The van der Waals surface area contributed by atoms with Gasteiger partial charge in [0.1, 0.15) is 23.7 Å². The number of hydrogen-bond acceptors (Lipinski definition) is 5. The van der Waals surface area contributed by atoms with E-state index in [1.54, 1.807) is 0 Å². The Morgan fingerprint density at radius 3 is 2.65 bits per heavy atom. The summed E-state index contributed by atoms with van der Waals surface area (Å²) in [6.45, 7) is 1.91. The third-order valence-electron chi connectivity index (χ3n) is 3.06. The van der Waals surface area contributed by atoms with Crippen LogP contribution in [0.5, 0.6) is 0 Å². The molecule has 0 unspecified atom stereocenters. The molecule has 0 atom stereocenters. The van der Waals surface area contributed by atoms with Gasteiger partial charge >= 0.3 is 0 Å². The molecule has 1 aromatic carbocycles. The van der Waals surface area contributed by atoms with Crippen LogP contribution in [0.4, 0.5) is 14.5 Å². The highest BCUT2D eigenvalue weighted by atomic mass is 32.1. The van der Waals surface area contributed by atoms with Gasteiger partial charge in [0.05, 0.1) is 4.88 Å².